The summed E-state index contributed by atoms with van der Waals surface area (Å²) in [6.07, 6.45) is 3.46. The zero-order valence-electron chi connectivity index (χ0n) is 13.4. The summed E-state index contributed by atoms with van der Waals surface area (Å²) in [4.78, 5) is 28.5. The Morgan fingerprint density at radius 1 is 1.21 bits per heavy atom. The van der Waals surface area contributed by atoms with Crippen LogP contribution in [-0.2, 0) is 0 Å². The topological polar surface area (TPSA) is 80.3 Å². The number of aromatic nitrogens is 1. The molecule has 2 N–H and O–H groups in total. The summed E-state index contributed by atoms with van der Waals surface area (Å²) in [6.45, 7) is 2.39. The van der Waals surface area contributed by atoms with E-state index in [2.05, 4.69) is 15.6 Å². The molecule has 1 aromatic heterocycles. The van der Waals surface area contributed by atoms with E-state index in [0.717, 1.165) is 12.8 Å². The normalized spacial score (nSPS) is 13.2. The summed E-state index contributed by atoms with van der Waals surface area (Å²) >= 11 is 0. The number of benzene rings is 1. The predicted octanol–water partition coefficient (Wildman–Crippen LogP) is 2.62. The number of nitrogens with one attached hydrogen (secondary N) is 2. The van der Waals surface area contributed by atoms with E-state index in [4.69, 9.17) is 4.74 Å². The van der Waals surface area contributed by atoms with E-state index in [1.165, 1.54) is 12.3 Å². The van der Waals surface area contributed by atoms with E-state index in [-0.39, 0.29) is 23.6 Å². The molecule has 0 unspecified atom stereocenters. The van der Waals surface area contributed by atoms with E-state index in [9.17, 15) is 9.59 Å². The average Bonchev–Trinajstić information content (AvgIpc) is 3.41. The van der Waals surface area contributed by atoms with Crippen molar-refractivity contribution < 1.29 is 14.3 Å². The van der Waals surface area contributed by atoms with Gasteiger partial charge in [0.2, 0.25) is 0 Å². The van der Waals surface area contributed by atoms with Gasteiger partial charge >= 0.3 is 0 Å². The monoisotopic (exact) mass is 325 g/mol. The highest BCUT2D eigenvalue weighted by Gasteiger charge is 2.24. The summed E-state index contributed by atoms with van der Waals surface area (Å²) in [7, 11) is 0. The third-order valence-corrected chi connectivity index (χ3v) is 3.60. The molecule has 3 rings (SSSR count). The third-order valence-electron chi connectivity index (χ3n) is 3.60. The Labute approximate surface area is 140 Å². The lowest BCUT2D eigenvalue weighted by Crippen LogP contribution is -2.26. The SMILES string of the molecule is CCOc1ccccc1NC(=O)c1ccnc(C(=O)NC2CC2)c1. The molecule has 0 aliphatic heterocycles. The van der Waals surface area contributed by atoms with Crippen molar-refractivity contribution in [2.24, 2.45) is 0 Å². The molecule has 1 aliphatic carbocycles. The fourth-order valence-electron chi connectivity index (χ4n) is 2.23. The predicted molar refractivity (Wildman–Crippen MR) is 90.3 cm³/mol. The molecule has 0 atom stereocenters. The Morgan fingerprint density at radius 2 is 2.00 bits per heavy atom. The first-order valence-electron chi connectivity index (χ1n) is 7.97. The van der Waals surface area contributed by atoms with Crippen LogP contribution in [0.1, 0.15) is 40.6 Å². The second kappa shape index (κ2) is 7.12. The molecule has 24 heavy (non-hydrogen) atoms. The van der Waals surface area contributed by atoms with Crippen LogP contribution in [-0.4, -0.2) is 29.4 Å². The molecule has 0 bridgehead atoms. The molecule has 2 amide bonds. The fraction of sp³-hybridized carbons (Fsp3) is 0.278. The number of hydrogen-bond acceptors (Lipinski definition) is 4. The van der Waals surface area contributed by atoms with Gasteiger partial charge in [0, 0.05) is 17.8 Å². The Kier molecular flexibility index (Phi) is 4.74. The zero-order chi connectivity index (χ0) is 16.9. The molecule has 6 heteroatoms. The average molecular weight is 325 g/mol. The summed E-state index contributed by atoms with van der Waals surface area (Å²) in [6, 6.07) is 10.5. The molecular weight excluding hydrogens is 306 g/mol. The van der Waals surface area contributed by atoms with Crippen LogP contribution in [0.15, 0.2) is 42.6 Å². The minimum absolute atomic E-state index is 0.243. The maximum atomic E-state index is 12.5. The number of carbonyl (C=O) groups is 2. The van der Waals surface area contributed by atoms with E-state index in [1.807, 2.05) is 19.1 Å². The molecule has 0 saturated heterocycles. The molecule has 124 valence electrons. The Bertz CT molecular complexity index is 757. The van der Waals surface area contributed by atoms with Crippen molar-refractivity contribution in [2.75, 3.05) is 11.9 Å². The maximum absolute atomic E-state index is 12.5. The highest BCUT2D eigenvalue weighted by molar-refractivity contribution is 6.06. The number of amides is 2. The number of ether oxygens (including phenoxy) is 1. The number of hydrogen-bond donors (Lipinski definition) is 2. The number of nitrogens with zero attached hydrogens (tertiary/aromatic N) is 1. The van der Waals surface area contributed by atoms with Gasteiger partial charge in [-0.25, -0.2) is 0 Å². The van der Waals surface area contributed by atoms with Crippen molar-refractivity contribution in [3.05, 3.63) is 53.9 Å². The smallest absolute Gasteiger partial charge is 0.270 e. The van der Waals surface area contributed by atoms with Gasteiger partial charge in [-0.05, 0) is 44.0 Å². The highest BCUT2D eigenvalue weighted by atomic mass is 16.5. The van der Waals surface area contributed by atoms with Crippen LogP contribution >= 0.6 is 0 Å². The largest absolute Gasteiger partial charge is 0.492 e. The molecule has 2 aromatic rings. The molecule has 0 radical (unpaired) electrons. The van der Waals surface area contributed by atoms with Crippen LogP contribution < -0.4 is 15.4 Å². The van der Waals surface area contributed by atoms with Crippen LogP contribution in [0.4, 0.5) is 5.69 Å². The first-order valence-corrected chi connectivity index (χ1v) is 7.97. The van der Waals surface area contributed by atoms with Gasteiger partial charge in [-0.2, -0.15) is 0 Å². The number of rotatable bonds is 6. The number of anilines is 1. The van der Waals surface area contributed by atoms with Gasteiger partial charge in [0.15, 0.2) is 0 Å². The van der Waals surface area contributed by atoms with Gasteiger partial charge in [0.05, 0.1) is 12.3 Å². The number of para-hydroxylation sites is 2. The van der Waals surface area contributed by atoms with E-state index in [0.29, 0.717) is 23.6 Å². The van der Waals surface area contributed by atoms with Crippen molar-refractivity contribution in [1.29, 1.82) is 0 Å². The highest BCUT2D eigenvalue weighted by Crippen LogP contribution is 2.24. The first kappa shape index (κ1) is 16.0. The van der Waals surface area contributed by atoms with Crippen molar-refractivity contribution in [3.8, 4) is 5.75 Å². The molecular formula is C18H19N3O3. The molecule has 1 heterocycles. The minimum Gasteiger partial charge on any atom is -0.492 e. The molecule has 1 aliphatic rings. The molecule has 1 aromatic carbocycles. The van der Waals surface area contributed by atoms with Crippen LogP contribution in [0, 0.1) is 0 Å². The van der Waals surface area contributed by atoms with Crippen molar-refractivity contribution >= 4 is 17.5 Å². The summed E-state index contributed by atoms with van der Waals surface area (Å²) in [5, 5.41) is 5.67. The summed E-state index contributed by atoms with van der Waals surface area (Å²) < 4.78 is 5.50. The lowest BCUT2D eigenvalue weighted by atomic mass is 10.2. The van der Waals surface area contributed by atoms with Crippen LogP contribution in [0.25, 0.3) is 0 Å². The van der Waals surface area contributed by atoms with E-state index >= 15 is 0 Å². The van der Waals surface area contributed by atoms with Crippen LogP contribution in [0.2, 0.25) is 0 Å². The second-order valence-electron chi connectivity index (χ2n) is 5.56. The maximum Gasteiger partial charge on any atom is 0.270 e. The van der Waals surface area contributed by atoms with Gasteiger partial charge in [-0.15, -0.1) is 0 Å². The standard InChI is InChI=1S/C18H19N3O3/c1-2-24-16-6-4-3-5-14(16)21-17(22)12-9-10-19-15(11-12)18(23)20-13-7-8-13/h3-6,9-11,13H,2,7-8H2,1H3,(H,20,23)(H,21,22). The first-order chi connectivity index (χ1) is 11.7. The fourth-order valence-corrected chi connectivity index (χ4v) is 2.23. The van der Waals surface area contributed by atoms with E-state index in [1.54, 1.807) is 18.2 Å². The lowest BCUT2D eigenvalue weighted by molar-refractivity contribution is 0.0946. The Hall–Kier alpha value is -2.89. The third kappa shape index (κ3) is 3.90. The van der Waals surface area contributed by atoms with Crippen LogP contribution in [0.3, 0.4) is 0 Å². The van der Waals surface area contributed by atoms with E-state index < -0.39 is 0 Å². The molecule has 1 fully saturated rings. The number of carbonyl (C=O) groups excluding carboxylic acids is 2. The van der Waals surface area contributed by atoms with Gasteiger partial charge in [0.25, 0.3) is 11.8 Å². The Morgan fingerprint density at radius 3 is 2.75 bits per heavy atom. The summed E-state index contributed by atoms with van der Waals surface area (Å²) in [5.41, 5.74) is 1.20. The van der Waals surface area contributed by atoms with Gasteiger partial charge < -0.3 is 15.4 Å². The second-order valence-corrected chi connectivity index (χ2v) is 5.56. The minimum atomic E-state index is -0.315. The molecule has 1 saturated carbocycles. The van der Waals surface area contributed by atoms with Crippen molar-refractivity contribution in [2.45, 2.75) is 25.8 Å². The Balaban J connectivity index is 1.74. The van der Waals surface area contributed by atoms with Gasteiger partial charge in [0.1, 0.15) is 11.4 Å². The molecule has 6 nitrogen and oxygen atoms in total. The van der Waals surface area contributed by atoms with Crippen molar-refractivity contribution in [3.63, 3.8) is 0 Å². The van der Waals surface area contributed by atoms with Crippen LogP contribution in [0.5, 0.6) is 5.75 Å². The number of pyridine rings is 1. The summed E-state index contributed by atoms with van der Waals surface area (Å²) in [5.74, 6) is 0.0426. The zero-order valence-corrected chi connectivity index (χ0v) is 13.4. The lowest BCUT2D eigenvalue weighted by Gasteiger charge is -2.11. The quantitative estimate of drug-likeness (QED) is 0.855. The van der Waals surface area contributed by atoms with Gasteiger partial charge in [-0.3, -0.25) is 14.6 Å². The van der Waals surface area contributed by atoms with Gasteiger partial charge in [-0.1, -0.05) is 12.1 Å². The van der Waals surface area contributed by atoms with Crippen molar-refractivity contribution in [1.82, 2.24) is 10.3 Å². The molecule has 0 spiro atoms.